The van der Waals surface area contributed by atoms with Gasteiger partial charge in [0.05, 0.1) is 16.8 Å². The zero-order valence-corrected chi connectivity index (χ0v) is 17.3. The minimum atomic E-state index is -0.429. The fourth-order valence-electron chi connectivity index (χ4n) is 2.81. The minimum absolute atomic E-state index is 0.0963. The number of rotatable bonds is 7. The fourth-order valence-corrected chi connectivity index (χ4v) is 3.03. The first-order valence-electron chi connectivity index (χ1n) is 9.40. The molecule has 3 rings (SSSR count). The number of nitrogens with zero attached hydrogens (tertiary/aromatic N) is 1. The van der Waals surface area contributed by atoms with Crippen molar-refractivity contribution in [3.05, 3.63) is 107 Å². The normalized spacial score (nSPS) is 10.6. The van der Waals surface area contributed by atoms with Crippen LogP contribution in [0.25, 0.3) is 0 Å². The third-order valence-corrected chi connectivity index (χ3v) is 4.74. The summed E-state index contributed by atoms with van der Waals surface area (Å²) in [6.45, 7) is 3.66. The highest BCUT2D eigenvalue weighted by Gasteiger charge is 2.11. The van der Waals surface area contributed by atoms with Gasteiger partial charge in [-0.3, -0.25) is 9.59 Å². The van der Waals surface area contributed by atoms with Gasteiger partial charge in [0, 0.05) is 16.8 Å². The summed E-state index contributed by atoms with van der Waals surface area (Å²) in [5, 5.41) is 17.2. The van der Waals surface area contributed by atoms with Crippen molar-refractivity contribution in [2.45, 2.75) is 6.42 Å². The second-order valence-corrected chi connectivity index (χ2v) is 6.97. The molecule has 0 atom stereocenters. The van der Waals surface area contributed by atoms with Gasteiger partial charge >= 0.3 is 0 Å². The molecule has 0 aliphatic carbocycles. The van der Waals surface area contributed by atoms with Gasteiger partial charge < -0.3 is 10.4 Å². The molecule has 0 saturated heterocycles. The molecular formula is C24H20ClN3O3. The van der Waals surface area contributed by atoms with Crippen LogP contribution in [-0.4, -0.2) is 23.1 Å². The van der Waals surface area contributed by atoms with Crippen molar-refractivity contribution in [2.24, 2.45) is 5.10 Å². The number of carbonyl (C=O) groups excluding carboxylic acids is 2. The van der Waals surface area contributed by atoms with Crippen molar-refractivity contribution in [1.82, 2.24) is 5.43 Å². The monoisotopic (exact) mass is 433 g/mol. The third-order valence-electron chi connectivity index (χ3n) is 4.41. The number of phenols is 1. The molecule has 0 unspecified atom stereocenters. The summed E-state index contributed by atoms with van der Waals surface area (Å²) >= 11 is 6.03. The SMILES string of the molecule is C=CCc1cccc(/C=N\NC(=O)c2ccc(NC(=O)c3ccccc3Cl)cc2)c1O. The van der Waals surface area contributed by atoms with E-state index in [-0.39, 0.29) is 11.7 Å². The highest BCUT2D eigenvalue weighted by atomic mass is 35.5. The van der Waals surface area contributed by atoms with E-state index in [1.807, 2.05) is 0 Å². The number of hydrogen-bond donors (Lipinski definition) is 3. The maximum Gasteiger partial charge on any atom is 0.271 e. The van der Waals surface area contributed by atoms with Gasteiger partial charge in [-0.15, -0.1) is 6.58 Å². The number of benzene rings is 3. The van der Waals surface area contributed by atoms with Crippen molar-refractivity contribution >= 4 is 35.3 Å². The zero-order chi connectivity index (χ0) is 22.2. The molecular weight excluding hydrogens is 414 g/mol. The first-order valence-corrected chi connectivity index (χ1v) is 9.78. The molecule has 0 saturated carbocycles. The maximum atomic E-state index is 12.3. The summed E-state index contributed by atoms with van der Waals surface area (Å²) in [5.74, 6) is -0.674. The Morgan fingerprint density at radius 3 is 2.45 bits per heavy atom. The standard InChI is InChI=1S/C24H20ClN3O3/c1-2-6-16-7-5-8-18(22(16)29)15-26-28-23(30)17-11-13-19(14-12-17)27-24(31)20-9-3-4-10-21(20)25/h2-5,7-15,29H,1,6H2,(H,27,31)(H,28,30)/b26-15-. The van der Waals surface area contributed by atoms with Crippen molar-refractivity contribution in [3.8, 4) is 5.75 Å². The van der Waals surface area contributed by atoms with Crippen LogP contribution in [0, 0.1) is 0 Å². The summed E-state index contributed by atoms with van der Waals surface area (Å²) in [6.07, 6.45) is 3.59. The molecule has 3 aromatic rings. The lowest BCUT2D eigenvalue weighted by Gasteiger charge is -2.07. The van der Waals surface area contributed by atoms with Crippen LogP contribution in [0.15, 0.2) is 84.5 Å². The van der Waals surface area contributed by atoms with E-state index < -0.39 is 5.91 Å². The second-order valence-electron chi connectivity index (χ2n) is 6.56. The summed E-state index contributed by atoms with van der Waals surface area (Å²) in [6, 6.07) is 18.4. The summed E-state index contributed by atoms with van der Waals surface area (Å²) in [7, 11) is 0. The molecule has 3 N–H and O–H groups in total. The largest absolute Gasteiger partial charge is 0.507 e. The highest BCUT2D eigenvalue weighted by Crippen LogP contribution is 2.21. The predicted molar refractivity (Wildman–Crippen MR) is 123 cm³/mol. The summed E-state index contributed by atoms with van der Waals surface area (Å²) in [4.78, 5) is 24.6. The van der Waals surface area contributed by atoms with Crippen molar-refractivity contribution < 1.29 is 14.7 Å². The third kappa shape index (κ3) is 5.58. The molecule has 7 heteroatoms. The van der Waals surface area contributed by atoms with E-state index in [2.05, 4.69) is 22.4 Å². The number of amides is 2. The molecule has 2 amide bonds. The minimum Gasteiger partial charge on any atom is -0.507 e. The Kier molecular flexibility index (Phi) is 7.19. The molecule has 0 heterocycles. The molecule has 0 fully saturated rings. The summed E-state index contributed by atoms with van der Waals surface area (Å²) < 4.78 is 0. The Labute approximate surface area is 184 Å². The van der Waals surface area contributed by atoms with Gasteiger partial charge in [0.15, 0.2) is 0 Å². The Hall–Kier alpha value is -3.90. The first-order chi connectivity index (χ1) is 15.0. The van der Waals surface area contributed by atoms with Crippen LogP contribution in [0.2, 0.25) is 5.02 Å². The Morgan fingerprint density at radius 2 is 1.74 bits per heavy atom. The van der Waals surface area contributed by atoms with Crippen LogP contribution in [0.5, 0.6) is 5.75 Å². The number of para-hydroxylation sites is 1. The van der Waals surface area contributed by atoms with Gasteiger partial charge in [-0.05, 0) is 54.4 Å². The number of hydrogen-bond acceptors (Lipinski definition) is 4. The van der Waals surface area contributed by atoms with E-state index in [0.717, 1.165) is 5.56 Å². The molecule has 0 aromatic heterocycles. The van der Waals surface area contributed by atoms with Gasteiger partial charge in [0.1, 0.15) is 5.75 Å². The fraction of sp³-hybridized carbons (Fsp3) is 0.0417. The van der Waals surface area contributed by atoms with E-state index in [9.17, 15) is 14.7 Å². The quantitative estimate of drug-likeness (QED) is 0.284. The molecule has 0 aliphatic heterocycles. The number of carbonyl (C=O) groups is 2. The number of allylic oxidation sites excluding steroid dienone is 1. The average Bonchev–Trinajstić information content (AvgIpc) is 2.77. The molecule has 31 heavy (non-hydrogen) atoms. The molecule has 0 aliphatic rings. The first kappa shape index (κ1) is 21.8. The molecule has 0 spiro atoms. The van der Waals surface area contributed by atoms with Gasteiger partial charge in [0.25, 0.3) is 11.8 Å². The van der Waals surface area contributed by atoms with Crippen molar-refractivity contribution in [3.63, 3.8) is 0 Å². The molecule has 0 bridgehead atoms. The number of anilines is 1. The van der Waals surface area contributed by atoms with E-state index in [1.165, 1.54) is 6.21 Å². The van der Waals surface area contributed by atoms with Crippen LogP contribution < -0.4 is 10.7 Å². The lowest BCUT2D eigenvalue weighted by molar-refractivity contribution is 0.0954. The van der Waals surface area contributed by atoms with Gasteiger partial charge in [0.2, 0.25) is 0 Å². The van der Waals surface area contributed by atoms with Gasteiger partial charge in [-0.1, -0.05) is 41.9 Å². The number of aromatic hydroxyl groups is 1. The van der Waals surface area contributed by atoms with Crippen LogP contribution in [0.3, 0.4) is 0 Å². The van der Waals surface area contributed by atoms with Crippen LogP contribution in [0.1, 0.15) is 31.8 Å². The topological polar surface area (TPSA) is 90.8 Å². The molecule has 0 radical (unpaired) electrons. The van der Waals surface area contributed by atoms with Crippen LogP contribution in [0.4, 0.5) is 5.69 Å². The second kappa shape index (κ2) is 10.2. The number of halogens is 1. The lowest BCUT2D eigenvalue weighted by atomic mass is 10.1. The van der Waals surface area contributed by atoms with Gasteiger partial charge in [-0.25, -0.2) is 5.43 Å². The average molecular weight is 434 g/mol. The molecule has 3 aromatic carbocycles. The van der Waals surface area contributed by atoms with E-state index >= 15 is 0 Å². The van der Waals surface area contributed by atoms with Crippen LogP contribution >= 0.6 is 11.6 Å². The number of hydrazone groups is 1. The van der Waals surface area contributed by atoms with E-state index in [0.29, 0.717) is 33.8 Å². The molecule has 156 valence electrons. The Bertz CT molecular complexity index is 1140. The Balaban J connectivity index is 1.61. The van der Waals surface area contributed by atoms with E-state index in [1.54, 1.807) is 72.8 Å². The molecule has 6 nitrogen and oxygen atoms in total. The van der Waals surface area contributed by atoms with Crippen molar-refractivity contribution in [1.29, 1.82) is 0 Å². The zero-order valence-electron chi connectivity index (χ0n) is 16.5. The highest BCUT2D eigenvalue weighted by molar-refractivity contribution is 6.34. The van der Waals surface area contributed by atoms with Gasteiger partial charge in [-0.2, -0.15) is 5.10 Å². The maximum absolute atomic E-state index is 12.3. The number of phenolic OH excluding ortho intramolecular Hbond substituents is 1. The van der Waals surface area contributed by atoms with Crippen LogP contribution in [-0.2, 0) is 6.42 Å². The summed E-state index contributed by atoms with van der Waals surface area (Å²) in [5.41, 5.74) is 4.86. The number of nitrogens with one attached hydrogen (secondary N) is 2. The lowest BCUT2D eigenvalue weighted by Crippen LogP contribution is -2.18. The predicted octanol–water partition coefficient (Wildman–Crippen LogP) is 4.79. The Morgan fingerprint density at radius 1 is 1.00 bits per heavy atom. The van der Waals surface area contributed by atoms with E-state index in [4.69, 9.17) is 11.6 Å². The smallest absolute Gasteiger partial charge is 0.271 e. The van der Waals surface area contributed by atoms with Crippen molar-refractivity contribution in [2.75, 3.05) is 5.32 Å².